The zero-order chi connectivity index (χ0) is 5.98. The monoisotopic (exact) mass is 178 g/mol. The quantitative estimate of drug-likeness (QED) is 0.605. The van der Waals surface area contributed by atoms with Crippen LogP contribution in [0.2, 0.25) is 0 Å². The molecule has 8 heavy (non-hydrogen) atoms. The van der Waals surface area contributed by atoms with Gasteiger partial charge in [-0.25, -0.2) is 0 Å². The van der Waals surface area contributed by atoms with Crippen LogP contribution in [-0.2, 0) is 0 Å². The summed E-state index contributed by atoms with van der Waals surface area (Å²) >= 11 is 3.50. The molecule has 0 radical (unpaired) electrons. The zero-order valence-corrected chi connectivity index (χ0v) is 6.39. The molecule has 2 unspecified atom stereocenters. The first-order valence-corrected chi connectivity index (χ1v) is 4.01. The van der Waals surface area contributed by atoms with Gasteiger partial charge in [-0.1, -0.05) is 22.4 Å². The van der Waals surface area contributed by atoms with E-state index in [0.717, 1.165) is 0 Å². The van der Waals surface area contributed by atoms with Crippen LogP contribution in [0.1, 0.15) is 19.3 Å². The number of aliphatic hydroxyl groups excluding tert-OH is 1. The predicted molar refractivity (Wildman–Crippen MR) is 37.1 cm³/mol. The Kier molecular flexibility index (Phi) is 2.32. The second-order valence-corrected chi connectivity index (χ2v) is 3.57. The second-order valence-electron chi connectivity index (χ2n) is 2.39. The van der Waals surface area contributed by atoms with Gasteiger partial charge in [0.05, 0.1) is 0 Å². The minimum Gasteiger partial charge on any atom is -0.396 e. The lowest BCUT2D eigenvalue weighted by atomic mass is 10.1. The fourth-order valence-electron chi connectivity index (χ4n) is 1.20. The molecule has 1 fully saturated rings. The fraction of sp³-hybridized carbons (Fsp3) is 1.00. The fourth-order valence-corrected chi connectivity index (χ4v) is 1.95. The molecule has 0 saturated heterocycles. The van der Waals surface area contributed by atoms with Gasteiger partial charge in [-0.3, -0.25) is 0 Å². The predicted octanol–water partition coefficient (Wildman–Crippen LogP) is 1.54. The number of halogens is 1. The van der Waals surface area contributed by atoms with Crippen molar-refractivity contribution >= 4 is 15.9 Å². The van der Waals surface area contributed by atoms with Gasteiger partial charge in [-0.05, 0) is 18.8 Å². The molecule has 0 aromatic heterocycles. The van der Waals surface area contributed by atoms with E-state index in [1.165, 1.54) is 19.3 Å². The minimum absolute atomic E-state index is 0.357. The Labute approximate surface area is 58.2 Å². The first kappa shape index (κ1) is 6.56. The molecule has 48 valence electrons. The van der Waals surface area contributed by atoms with E-state index in [4.69, 9.17) is 5.11 Å². The zero-order valence-electron chi connectivity index (χ0n) is 4.81. The van der Waals surface area contributed by atoms with Gasteiger partial charge < -0.3 is 5.11 Å². The molecule has 0 aromatic rings. The molecule has 0 aliphatic heterocycles. The van der Waals surface area contributed by atoms with Gasteiger partial charge in [0.1, 0.15) is 0 Å². The number of alkyl halides is 1. The molecule has 2 atom stereocenters. The highest BCUT2D eigenvalue weighted by molar-refractivity contribution is 9.09. The number of hydrogen-bond donors (Lipinski definition) is 1. The van der Waals surface area contributed by atoms with Crippen molar-refractivity contribution < 1.29 is 5.11 Å². The third-order valence-corrected chi connectivity index (χ3v) is 3.01. The summed E-state index contributed by atoms with van der Waals surface area (Å²) in [6.07, 6.45) is 3.72. The van der Waals surface area contributed by atoms with Gasteiger partial charge in [-0.15, -0.1) is 0 Å². The molecule has 0 amide bonds. The molecular formula is C6H11BrO. The van der Waals surface area contributed by atoms with Crippen molar-refractivity contribution in [1.82, 2.24) is 0 Å². The SMILES string of the molecule is OCC1CCCC1Br. The Bertz CT molecular complexity index is 74.9. The molecule has 0 bridgehead atoms. The molecule has 0 spiro atoms. The van der Waals surface area contributed by atoms with Crippen molar-refractivity contribution in [3.05, 3.63) is 0 Å². The molecule has 1 aliphatic carbocycles. The molecule has 1 saturated carbocycles. The summed E-state index contributed by atoms with van der Waals surface area (Å²) in [6, 6.07) is 0. The van der Waals surface area contributed by atoms with E-state index >= 15 is 0 Å². The van der Waals surface area contributed by atoms with Crippen molar-refractivity contribution in [1.29, 1.82) is 0 Å². The van der Waals surface area contributed by atoms with E-state index in [1.807, 2.05) is 0 Å². The summed E-state index contributed by atoms with van der Waals surface area (Å²) in [5.74, 6) is 0.537. The Morgan fingerprint density at radius 2 is 2.25 bits per heavy atom. The van der Waals surface area contributed by atoms with Crippen LogP contribution in [0.25, 0.3) is 0 Å². The maximum absolute atomic E-state index is 8.71. The molecule has 1 aliphatic rings. The Morgan fingerprint density at radius 3 is 2.50 bits per heavy atom. The second kappa shape index (κ2) is 2.83. The first-order valence-electron chi connectivity index (χ1n) is 3.09. The lowest BCUT2D eigenvalue weighted by Crippen LogP contribution is -2.10. The summed E-state index contributed by atoms with van der Waals surface area (Å²) in [6.45, 7) is 0.357. The summed E-state index contributed by atoms with van der Waals surface area (Å²) in [5, 5.41) is 8.71. The molecule has 2 heteroatoms. The lowest BCUT2D eigenvalue weighted by molar-refractivity contribution is 0.234. The summed E-state index contributed by atoms with van der Waals surface area (Å²) in [5.41, 5.74) is 0. The van der Waals surface area contributed by atoms with E-state index in [0.29, 0.717) is 17.4 Å². The number of hydrogen-bond acceptors (Lipinski definition) is 1. The highest BCUT2D eigenvalue weighted by Crippen LogP contribution is 2.30. The normalized spacial score (nSPS) is 38.2. The van der Waals surface area contributed by atoms with Gasteiger partial charge in [0.2, 0.25) is 0 Å². The van der Waals surface area contributed by atoms with Crippen LogP contribution in [0.3, 0.4) is 0 Å². The van der Waals surface area contributed by atoms with Crippen molar-refractivity contribution in [2.24, 2.45) is 5.92 Å². The highest BCUT2D eigenvalue weighted by Gasteiger charge is 2.23. The van der Waals surface area contributed by atoms with E-state index in [9.17, 15) is 0 Å². The van der Waals surface area contributed by atoms with Crippen molar-refractivity contribution in [3.8, 4) is 0 Å². The molecule has 0 heterocycles. The minimum atomic E-state index is 0.357. The van der Waals surface area contributed by atoms with Crippen LogP contribution in [0.5, 0.6) is 0 Å². The van der Waals surface area contributed by atoms with Crippen molar-refractivity contribution in [2.45, 2.75) is 24.1 Å². The van der Waals surface area contributed by atoms with Gasteiger partial charge >= 0.3 is 0 Å². The Hall–Kier alpha value is 0.440. The molecule has 1 nitrogen and oxygen atoms in total. The smallest absolute Gasteiger partial charge is 0.0469 e. The van der Waals surface area contributed by atoms with E-state index in [-0.39, 0.29) is 0 Å². The average molecular weight is 179 g/mol. The van der Waals surface area contributed by atoms with Gasteiger partial charge in [0.25, 0.3) is 0 Å². The van der Waals surface area contributed by atoms with Crippen LogP contribution in [0.15, 0.2) is 0 Å². The lowest BCUT2D eigenvalue weighted by Gasteiger charge is -2.07. The molecule has 0 aromatic carbocycles. The van der Waals surface area contributed by atoms with Crippen LogP contribution in [0.4, 0.5) is 0 Å². The number of aliphatic hydroxyl groups is 1. The maximum atomic E-state index is 8.71. The maximum Gasteiger partial charge on any atom is 0.0469 e. The van der Waals surface area contributed by atoms with Crippen molar-refractivity contribution in [2.75, 3.05) is 6.61 Å². The summed E-state index contributed by atoms with van der Waals surface area (Å²) < 4.78 is 0. The van der Waals surface area contributed by atoms with E-state index < -0.39 is 0 Å². The topological polar surface area (TPSA) is 20.2 Å². The van der Waals surface area contributed by atoms with Crippen molar-refractivity contribution in [3.63, 3.8) is 0 Å². The van der Waals surface area contributed by atoms with Crippen LogP contribution in [-0.4, -0.2) is 16.5 Å². The number of rotatable bonds is 1. The molecular weight excluding hydrogens is 168 g/mol. The summed E-state index contributed by atoms with van der Waals surface area (Å²) in [4.78, 5) is 0.590. The van der Waals surface area contributed by atoms with Gasteiger partial charge in [-0.2, -0.15) is 0 Å². The Morgan fingerprint density at radius 1 is 1.50 bits per heavy atom. The standard InChI is InChI=1S/C6H11BrO/c7-6-3-1-2-5(6)4-8/h5-6,8H,1-4H2. The largest absolute Gasteiger partial charge is 0.396 e. The van der Waals surface area contributed by atoms with Crippen LogP contribution in [0, 0.1) is 5.92 Å². The third kappa shape index (κ3) is 1.23. The average Bonchev–Trinajstić information content (AvgIpc) is 2.14. The molecule has 1 N–H and O–H groups in total. The summed E-state index contributed by atoms with van der Waals surface area (Å²) in [7, 11) is 0. The van der Waals surface area contributed by atoms with Gasteiger partial charge in [0.15, 0.2) is 0 Å². The van der Waals surface area contributed by atoms with Gasteiger partial charge in [0, 0.05) is 11.4 Å². The van der Waals surface area contributed by atoms with Crippen LogP contribution >= 0.6 is 15.9 Å². The van der Waals surface area contributed by atoms with E-state index in [1.54, 1.807) is 0 Å². The Balaban J connectivity index is 2.30. The van der Waals surface area contributed by atoms with Crippen LogP contribution < -0.4 is 0 Å². The van der Waals surface area contributed by atoms with E-state index in [2.05, 4.69) is 15.9 Å². The highest BCUT2D eigenvalue weighted by atomic mass is 79.9. The first-order chi connectivity index (χ1) is 3.84. The third-order valence-electron chi connectivity index (χ3n) is 1.80. The molecule has 1 rings (SSSR count).